The third-order valence-electron chi connectivity index (χ3n) is 7.27. The number of carbonyl (C=O) groups is 1. The van der Waals surface area contributed by atoms with Crippen LogP contribution in [0.15, 0.2) is 90.7 Å². The van der Waals surface area contributed by atoms with Gasteiger partial charge in [0.15, 0.2) is 5.78 Å². The van der Waals surface area contributed by atoms with Gasteiger partial charge < -0.3 is 19.3 Å². The Labute approximate surface area is 248 Å². The van der Waals surface area contributed by atoms with Crippen molar-refractivity contribution >= 4 is 60.9 Å². The Morgan fingerprint density at radius 3 is 2.33 bits per heavy atom. The molecule has 6 heteroatoms. The van der Waals surface area contributed by atoms with Crippen LogP contribution >= 0.6 is 0 Å². The maximum absolute atomic E-state index is 10.0. The summed E-state index contributed by atoms with van der Waals surface area (Å²) < 4.78 is 2.43. The van der Waals surface area contributed by atoms with E-state index in [9.17, 15) is 4.79 Å². The largest absolute Gasteiger partial charge is 0.512 e. The fraction of sp³-hybridized carbons (Fsp3) is 0.176. The molecule has 0 atom stereocenters. The molecule has 1 N–H and O–H groups in total. The van der Waals surface area contributed by atoms with Gasteiger partial charge in [-0.1, -0.05) is 78.5 Å². The van der Waals surface area contributed by atoms with E-state index in [1.54, 1.807) is 0 Å². The first-order valence-corrected chi connectivity index (χ1v) is 13.4. The number of ketones is 1. The second-order valence-corrected chi connectivity index (χ2v) is 10.1. The summed E-state index contributed by atoms with van der Waals surface area (Å²) in [7, 11) is 0. The maximum atomic E-state index is 10.0. The monoisotopic (exact) mass is 706 g/mol. The number of aromatic nitrogens is 1. The van der Waals surface area contributed by atoms with Crippen LogP contribution in [0.25, 0.3) is 38.1 Å². The number of hydrogen-bond donors (Lipinski definition) is 1. The van der Waals surface area contributed by atoms with Gasteiger partial charge in [0.25, 0.3) is 0 Å². The quantitative estimate of drug-likeness (QED) is 0.111. The Hall–Kier alpha value is -3.86. The van der Waals surface area contributed by atoms with Crippen molar-refractivity contribution in [3.05, 3.63) is 103 Å². The first-order valence-electron chi connectivity index (χ1n) is 13.4. The zero-order valence-electron chi connectivity index (χ0n) is 22.8. The average Bonchev–Trinajstić information content (AvgIpc) is 3.59. The fourth-order valence-electron chi connectivity index (χ4n) is 5.74. The van der Waals surface area contributed by atoms with Crippen molar-refractivity contribution in [1.29, 1.82) is 0 Å². The van der Waals surface area contributed by atoms with Crippen molar-refractivity contribution in [2.75, 3.05) is 16.3 Å². The van der Waals surface area contributed by atoms with E-state index in [2.05, 4.69) is 113 Å². The summed E-state index contributed by atoms with van der Waals surface area (Å²) >= 11 is 0. The molecule has 1 aliphatic rings. The molecule has 7 rings (SSSR count). The molecular weight excluding hydrogens is 675 g/mol. The van der Waals surface area contributed by atoms with E-state index >= 15 is 0 Å². The molecule has 1 aliphatic heterocycles. The van der Waals surface area contributed by atoms with Crippen LogP contribution < -0.4 is 9.80 Å². The van der Waals surface area contributed by atoms with Crippen LogP contribution in [0.2, 0.25) is 0 Å². The van der Waals surface area contributed by atoms with E-state index in [1.807, 2.05) is 0 Å². The third kappa shape index (κ3) is 4.61. The molecule has 0 saturated carbocycles. The number of rotatable bonds is 5. The molecule has 2 aromatic heterocycles. The third-order valence-corrected chi connectivity index (χ3v) is 7.27. The normalized spacial score (nSPS) is 13.1. The fourth-order valence-corrected chi connectivity index (χ4v) is 5.74. The summed E-state index contributed by atoms with van der Waals surface area (Å²) in [6.07, 6.45) is 3.52. The van der Waals surface area contributed by atoms with E-state index < -0.39 is 0 Å². The minimum absolute atomic E-state index is 0. The molecule has 40 heavy (non-hydrogen) atoms. The van der Waals surface area contributed by atoms with E-state index in [0.717, 1.165) is 12.2 Å². The summed E-state index contributed by atoms with van der Waals surface area (Å²) in [6.45, 7) is 8.38. The average molecular weight is 706 g/mol. The van der Waals surface area contributed by atoms with Crippen LogP contribution in [0.3, 0.4) is 0 Å². The van der Waals surface area contributed by atoms with Gasteiger partial charge >= 0.3 is 0 Å². The van der Waals surface area contributed by atoms with E-state index in [1.165, 1.54) is 82.2 Å². The van der Waals surface area contributed by atoms with Crippen molar-refractivity contribution in [1.82, 2.24) is 4.40 Å². The van der Waals surface area contributed by atoms with Crippen LogP contribution in [0, 0.1) is 12.7 Å². The minimum atomic E-state index is -0.125. The number of fused-ring (bicyclic) bond motifs is 7. The Kier molecular flexibility index (Phi) is 7.84. The summed E-state index contributed by atoms with van der Waals surface area (Å²) in [5.41, 5.74) is 7.43. The van der Waals surface area contributed by atoms with Gasteiger partial charge in [0.2, 0.25) is 0 Å². The zero-order valence-corrected chi connectivity index (χ0v) is 25.2. The molecule has 0 fully saturated rings. The van der Waals surface area contributed by atoms with Gasteiger partial charge in [0.05, 0.1) is 11.3 Å². The first kappa shape index (κ1) is 27.7. The number of anilines is 3. The van der Waals surface area contributed by atoms with Crippen LogP contribution in [-0.2, 0) is 24.9 Å². The summed E-state index contributed by atoms with van der Waals surface area (Å²) in [5.74, 6) is -0.0625. The molecule has 0 unspecified atom stereocenters. The number of carbonyl (C=O) groups excluding carboxylic acids is 1. The SMILES string of the molecule is CC(=O)/C=C(/C)O.CCCCN1[CH-]N(c2[c-]ccc3c2c2cccc4c5ccccc5n3c42)c2ccccc21.[Ir]. The van der Waals surface area contributed by atoms with Crippen LogP contribution in [-0.4, -0.2) is 21.8 Å². The molecule has 3 heterocycles. The number of hydrogen-bond acceptors (Lipinski definition) is 4. The van der Waals surface area contributed by atoms with E-state index in [-0.39, 0.29) is 31.6 Å². The minimum Gasteiger partial charge on any atom is -0.512 e. The van der Waals surface area contributed by atoms with Crippen molar-refractivity contribution in [3.63, 3.8) is 0 Å². The van der Waals surface area contributed by atoms with Gasteiger partial charge in [-0.2, -0.15) is 18.8 Å². The van der Waals surface area contributed by atoms with Gasteiger partial charge in [-0.05, 0) is 50.4 Å². The number of aliphatic hydroxyl groups excluding tert-OH is 1. The molecule has 0 aliphatic carbocycles. The van der Waals surface area contributed by atoms with Gasteiger partial charge in [-0.25, -0.2) is 0 Å². The van der Waals surface area contributed by atoms with E-state index in [0.29, 0.717) is 0 Å². The van der Waals surface area contributed by atoms with Gasteiger partial charge in [-0.15, -0.1) is 6.07 Å². The van der Waals surface area contributed by atoms with Crippen LogP contribution in [0.4, 0.5) is 17.1 Å². The van der Waals surface area contributed by atoms with Gasteiger partial charge in [0.1, 0.15) is 0 Å². The molecule has 4 aromatic carbocycles. The number of allylic oxidation sites excluding steroid dienone is 2. The predicted molar refractivity (Wildman–Crippen MR) is 162 cm³/mol. The number of aliphatic hydroxyl groups is 1. The maximum Gasteiger partial charge on any atom is 0.155 e. The topological polar surface area (TPSA) is 48.2 Å². The molecular formula is C34H31IrN3O2-2. The van der Waals surface area contributed by atoms with Crippen molar-refractivity contribution in [2.45, 2.75) is 33.6 Å². The van der Waals surface area contributed by atoms with Gasteiger partial charge in [-0.3, -0.25) is 4.79 Å². The number of benzene rings is 4. The van der Waals surface area contributed by atoms with Gasteiger partial charge in [0, 0.05) is 53.8 Å². The zero-order chi connectivity index (χ0) is 27.1. The molecule has 0 spiro atoms. The number of para-hydroxylation sites is 4. The van der Waals surface area contributed by atoms with Crippen molar-refractivity contribution in [2.24, 2.45) is 0 Å². The Bertz CT molecular complexity index is 1850. The summed E-state index contributed by atoms with van der Waals surface area (Å²) in [6, 6.07) is 32.0. The summed E-state index contributed by atoms with van der Waals surface area (Å²) in [5, 5.41) is 13.5. The number of nitrogens with zero attached hydrogens (tertiary/aromatic N) is 3. The van der Waals surface area contributed by atoms with E-state index in [4.69, 9.17) is 5.11 Å². The van der Waals surface area contributed by atoms with Crippen molar-refractivity contribution in [3.8, 4) is 0 Å². The molecule has 0 saturated heterocycles. The molecule has 6 aromatic rings. The Balaban J connectivity index is 0.000000362. The van der Waals surface area contributed by atoms with Crippen molar-refractivity contribution < 1.29 is 30.0 Å². The summed E-state index contributed by atoms with van der Waals surface area (Å²) in [4.78, 5) is 14.7. The molecule has 5 nitrogen and oxygen atoms in total. The Morgan fingerprint density at radius 2 is 1.60 bits per heavy atom. The molecule has 0 bridgehead atoms. The molecule has 1 radical (unpaired) electrons. The molecule has 205 valence electrons. The van der Waals surface area contributed by atoms with Crippen LogP contribution in [0.1, 0.15) is 33.6 Å². The standard InChI is InChI=1S/C29H23N3.C5H8O2.Ir/c1-2-3-18-30-19-31(25-15-7-6-14-24(25)30)26-16-9-17-27-28(26)22-12-8-11-21-20-10-4-5-13-23(20)32(27)29(21)22;1-4(6)3-5(2)7;/h4-15,17,19H,2-3,18H2,1H3;3,6H,1-2H3;/q-2;;/b;4-3-;. The number of unbranched alkanes of at least 4 members (excludes halogenated alkanes) is 1. The second-order valence-electron chi connectivity index (χ2n) is 10.1. The first-order chi connectivity index (χ1) is 19.0. The second kappa shape index (κ2) is 11.3. The molecule has 0 amide bonds. The smallest absolute Gasteiger partial charge is 0.155 e. The predicted octanol–water partition coefficient (Wildman–Crippen LogP) is 8.55. The Morgan fingerprint density at radius 1 is 0.900 bits per heavy atom. The van der Waals surface area contributed by atoms with Crippen LogP contribution in [0.5, 0.6) is 0 Å².